The SMILES string of the molecule is CC(=O)NC[C@@]1(F)C[C@@H](C(=O)O)N(C(=O)O)C1. The number of aliphatic carboxylic acids is 1. The summed E-state index contributed by atoms with van der Waals surface area (Å²) in [7, 11) is 0. The molecule has 3 N–H and O–H groups in total. The van der Waals surface area contributed by atoms with Gasteiger partial charge in [-0.05, 0) is 0 Å². The van der Waals surface area contributed by atoms with Gasteiger partial charge in [-0.3, -0.25) is 9.69 Å². The fourth-order valence-electron chi connectivity index (χ4n) is 1.77. The van der Waals surface area contributed by atoms with Crippen LogP contribution in [0.5, 0.6) is 0 Å². The highest BCUT2D eigenvalue weighted by molar-refractivity contribution is 5.80. The Morgan fingerprint density at radius 3 is 2.41 bits per heavy atom. The Labute approximate surface area is 96.2 Å². The first-order valence-corrected chi connectivity index (χ1v) is 4.91. The number of alkyl halides is 1. The summed E-state index contributed by atoms with van der Waals surface area (Å²) in [6.07, 6.45) is -1.95. The van der Waals surface area contributed by atoms with E-state index in [1.165, 1.54) is 6.92 Å². The van der Waals surface area contributed by atoms with E-state index in [0.29, 0.717) is 4.90 Å². The average molecular weight is 248 g/mol. The van der Waals surface area contributed by atoms with Crippen molar-refractivity contribution in [2.75, 3.05) is 13.1 Å². The summed E-state index contributed by atoms with van der Waals surface area (Å²) in [5.74, 6) is -1.85. The molecular weight excluding hydrogens is 235 g/mol. The zero-order chi connectivity index (χ0) is 13.2. The Bertz CT molecular complexity index is 337. The van der Waals surface area contributed by atoms with Crippen molar-refractivity contribution in [3.05, 3.63) is 0 Å². The van der Waals surface area contributed by atoms with Crippen molar-refractivity contribution in [2.45, 2.75) is 25.1 Å². The molecule has 0 aromatic carbocycles. The molecule has 7 nitrogen and oxygen atoms in total. The van der Waals surface area contributed by atoms with E-state index in [2.05, 4.69) is 5.32 Å². The van der Waals surface area contributed by atoms with Gasteiger partial charge in [0, 0.05) is 13.3 Å². The highest BCUT2D eigenvalue weighted by Gasteiger charge is 2.49. The van der Waals surface area contributed by atoms with Crippen molar-refractivity contribution < 1.29 is 29.0 Å². The third-order valence-corrected chi connectivity index (χ3v) is 2.57. The summed E-state index contributed by atoms with van der Waals surface area (Å²) < 4.78 is 14.1. The first-order valence-electron chi connectivity index (χ1n) is 4.91. The second-order valence-electron chi connectivity index (χ2n) is 4.03. The van der Waals surface area contributed by atoms with Crippen LogP contribution in [0.15, 0.2) is 0 Å². The minimum Gasteiger partial charge on any atom is -0.480 e. The third-order valence-electron chi connectivity index (χ3n) is 2.57. The highest BCUT2D eigenvalue weighted by atomic mass is 19.1. The van der Waals surface area contributed by atoms with Gasteiger partial charge in [0.05, 0.1) is 13.1 Å². The molecule has 8 heteroatoms. The Hall–Kier alpha value is -1.86. The third kappa shape index (κ3) is 3.05. The molecule has 0 bridgehead atoms. The molecule has 0 aromatic rings. The first kappa shape index (κ1) is 13.2. The molecule has 96 valence electrons. The molecular formula is C9H13FN2O5. The molecule has 1 fully saturated rings. The van der Waals surface area contributed by atoms with Crippen LogP contribution in [-0.4, -0.2) is 57.9 Å². The van der Waals surface area contributed by atoms with E-state index in [1.807, 2.05) is 0 Å². The standard InChI is InChI=1S/C9H13FN2O5/c1-5(13)11-3-9(10)2-6(7(14)15)12(4-9)8(16)17/h6H,2-4H2,1H3,(H,11,13)(H,14,15)(H,16,17)/t6-,9-/m0/s1. The Morgan fingerprint density at radius 2 is 2.06 bits per heavy atom. The van der Waals surface area contributed by atoms with E-state index in [9.17, 15) is 18.8 Å². The minimum atomic E-state index is -2.03. The van der Waals surface area contributed by atoms with Crippen molar-refractivity contribution in [3.63, 3.8) is 0 Å². The van der Waals surface area contributed by atoms with Crippen molar-refractivity contribution in [3.8, 4) is 0 Å². The second kappa shape index (κ2) is 4.56. The van der Waals surface area contributed by atoms with E-state index in [4.69, 9.17) is 10.2 Å². The van der Waals surface area contributed by atoms with E-state index in [-0.39, 0.29) is 0 Å². The van der Waals surface area contributed by atoms with E-state index in [1.54, 1.807) is 0 Å². The number of amides is 2. The predicted octanol–water partition coefficient (Wildman–Crippen LogP) is -0.332. The van der Waals surface area contributed by atoms with Crippen LogP contribution < -0.4 is 5.32 Å². The molecule has 2 amide bonds. The lowest BCUT2D eigenvalue weighted by molar-refractivity contribution is -0.141. The van der Waals surface area contributed by atoms with Crippen LogP contribution in [0, 0.1) is 0 Å². The number of hydrogen-bond acceptors (Lipinski definition) is 3. The summed E-state index contributed by atoms with van der Waals surface area (Å²) >= 11 is 0. The molecule has 1 aliphatic rings. The fourth-order valence-corrected chi connectivity index (χ4v) is 1.77. The molecule has 1 heterocycles. The van der Waals surface area contributed by atoms with Crippen LogP contribution in [0.2, 0.25) is 0 Å². The summed E-state index contributed by atoms with van der Waals surface area (Å²) in [5.41, 5.74) is -2.03. The number of carbonyl (C=O) groups is 3. The first-order chi connectivity index (χ1) is 7.75. The monoisotopic (exact) mass is 248 g/mol. The van der Waals surface area contributed by atoms with E-state index < -0.39 is 49.2 Å². The van der Waals surface area contributed by atoms with E-state index in [0.717, 1.165) is 0 Å². The highest BCUT2D eigenvalue weighted by Crippen LogP contribution is 2.30. The lowest BCUT2D eigenvalue weighted by atomic mass is 10.0. The molecule has 1 aliphatic heterocycles. The van der Waals surface area contributed by atoms with Gasteiger partial charge in [-0.1, -0.05) is 0 Å². The minimum absolute atomic E-state index is 0.393. The van der Waals surface area contributed by atoms with Crippen LogP contribution in [0.25, 0.3) is 0 Å². The van der Waals surface area contributed by atoms with Gasteiger partial charge in [-0.15, -0.1) is 0 Å². The molecule has 1 saturated heterocycles. The van der Waals surface area contributed by atoms with Crippen molar-refractivity contribution in [1.82, 2.24) is 10.2 Å². The van der Waals surface area contributed by atoms with Gasteiger partial charge < -0.3 is 15.5 Å². The Kier molecular flexibility index (Phi) is 3.54. The van der Waals surface area contributed by atoms with E-state index >= 15 is 0 Å². The lowest BCUT2D eigenvalue weighted by Crippen LogP contribution is -2.42. The number of nitrogens with zero attached hydrogens (tertiary/aromatic N) is 1. The van der Waals surface area contributed by atoms with Crippen molar-refractivity contribution >= 4 is 18.0 Å². The fraction of sp³-hybridized carbons (Fsp3) is 0.667. The average Bonchev–Trinajstić information content (AvgIpc) is 2.55. The molecule has 2 atom stereocenters. The Balaban J connectivity index is 2.76. The molecule has 0 aromatic heterocycles. The maximum absolute atomic E-state index is 14.1. The number of carbonyl (C=O) groups excluding carboxylic acids is 1. The van der Waals surface area contributed by atoms with Crippen LogP contribution in [0.4, 0.5) is 9.18 Å². The van der Waals surface area contributed by atoms with Crippen LogP contribution >= 0.6 is 0 Å². The van der Waals surface area contributed by atoms with Crippen LogP contribution in [0.3, 0.4) is 0 Å². The zero-order valence-electron chi connectivity index (χ0n) is 9.14. The van der Waals surface area contributed by atoms with Gasteiger partial charge in [-0.2, -0.15) is 0 Å². The maximum Gasteiger partial charge on any atom is 0.408 e. The van der Waals surface area contributed by atoms with Crippen LogP contribution in [-0.2, 0) is 9.59 Å². The van der Waals surface area contributed by atoms with Gasteiger partial charge in [0.1, 0.15) is 11.7 Å². The number of nitrogens with one attached hydrogen (secondary N) is 1. The topological polar surface area (TPSA) is 107 Å². The normalized spacial score (nSPS) is 27.9. The van der Waals surface area contributed by atoms with Gasteiger partial charge in [0.2, 0.25) is 5.91 Å². The summed E-state index contributed by atoms with van der Waals surface area (Å²) in [6.45, 7) is 0.247. The van der Waals surface area contributed by atoms with Gasteiger partial charge >= 0.3 is 12.1 Å². The number of hydrogen-bond donors (Lipinski definition) is 3. The number of likely N-dealkylation sites (tertiary alicyclic amines) is 1. The second-order valence-corrected chi connectivity index (χ2v) is 4.03. The molecule has 0 unspecified atom stereocenters. The predicted molar refractivity (Wildman–Crippen MR) is 53.3 cm³/mol. The number of carboxylic acids is 1. The Morgan fingerprint density at radius 1 is 1.47 bits per heavy atom. The quantitative estimate of drug-likeness (QED) is 0.633. The lowest BCUT2D eigenvalue weighted by Gasteiger charge is -2.19. The van der Waals surface area contributed by atoms with Gasteiger partial charge in [0.15, 0.2) is 0 Å². The number of rotatable bonds is 3. The maximum atomic E-state index is 14.1. The molecule has 1 rings (SSSR count). The van der Waals surface area contributed by atoms with Crippen molar-refractivity contribution in [2.24, 2.45) is 0 Å². The summed E-state index contributed by atoms with van der Waals surface area (Å²) in [4.78, 5) is 32.7. The number of carboxylic acid groups (broad SMARTS) is 2. The molecule has 0 saturated carbocycles. The summed E-state index contributed by atoms with van der Waals surface area (Å²) in [6, 6.07) is -1.41. The van der Waals surface area contributed by atoms with Crippen molar-refractivity contribution in [1.29, 1.82) is 0 Å². The zero-order valence-corrected chi connectivity index (χ0v) is 9.14. The van der Waals surface area contributed by atoms with Gasteiger partial charge in [0.25, 0.3) is 0 Å². The molecule has 17 heavy (non-hydrogen) atoms. The summed E-state index contributed by atoms with van der Waals surface area (Å²) in [5, 5.41) is 19.8. The van der Waals surface area contributed by atoms with Crippen LogP contribution in [0.1, 0.15) is 13.3 Å². The smallest absolute Gasteiger partial charge is 0.408 e. The molecule has 0 radical (unpaired) electrons. The van der Waals surface area contributed by atoms with Gasteiger partial charge in [-0.25, -0.2) is 14.0 Å². The largest absolute Gasteiger partial charge is 0.480 e. The molecule has 0 spiro atoms. The number of halogens is 1. The molecule has 0 aliphatic carbocycles.